The number of halogens is 3. The number of hydrogen-bond acceptors (Lipinski definition) is 5. The monoisotopic (exact) mass is 559 g/mol. The molecule has 2 aromatic carbocycles. The van der Waals surface area contributed by atoms with Gasteiger partial charge < -0.3 is 20.4 Å². The molecule has 2 unspecified atom stereocenters. The van der Waals surface area contributed by atoms with Crippen LogP contribution in [-0.4, -0.2) is 51.1 Å². The second-order valence-corrected chi connectivity index (χ2v) is 11.1. The Balaban J connectivity index is 1.66. The van der Waals surface area contributed by atoms with Gasteiger partial charge in [0.2, 0.25) is 0 Å². The van der Waals surface area contributed by atoms with Crippen LogP contribution in [-0.2, 0) is 11.0 Å². The molecule has 3 atom stereocenters. The molecule has 1 spiro atoms. The van der Waals surface area contributed by atoms with Gasteiger partial charge in [-0.3, -0.25) is 14.6 Å². The van der Waals surface area contributed by atoms with Crippen LogP contribution in [0.3, 0.4) is 0 Å². The molecule has 0 saturated heterocycles. The van der Waals surface area contributed by atoms with Gasteiger partial charge in [-0.25, -0.2) is 0 Å². The van der Waals surface area contributed by atoms with E-state index in [2.05, 4.69) is 19.2 Å². The van der Waals surface area contributed by atoms with Crippen LogP contribution in [0.15, 0.2) is 53.5 Å². The van der Waals surface area contributed by atoms with Crippen molar-refractivity contribution in [3.8, 4) is 0 Å². The Morgan fingerprint density at radius 3 is 2.20 bits per heavy atom. The maximum atomic E-state index is 14.1. The third-order valence-electron chi connectivity index (χ3n) is 7.77. The van der Waals surface area contributed by atoms with Crippen LogP contribution in [0.4, 0.5) is 13.2 Å². The first-order valence-corrected chi connectivity index (χ1v) is 13.7. The number of benzene rings is 2. The lowest BCUT2D eigenvalue weighted by molar-refractivity contribution is -0.137. The third kappa shape index (κ3) is 6.23. The molecule has 0 aromatic heterocycles. The quantitative estimate of drug-likeness (QED) is 0.393. The van der Waals surface area contributed by atoms with Crippen LogP contribution in [0.25, 0.3) is 0 Å². The van der Waals surface area contributed by atoms with E-state index in [0.717, 1.165) is 24.1 Å². The Bertz CT molecular complexity index is 1230. The molecule has 1 heterocycles. The largest absolute Gasteiger partial charge is 0.416 e. The summed E-state index contributed by atoms with van der Waals surface area (Å²) >= 11 is 0. The molecule has 0 bridgehead atoms. The molecule has 2 aliphatic rings. The van der Waals surface area contributed by atoms with Crippen molar-refractivity contribution < 1.29 is 33.0 Å². The van der Waals surface area contributed by atoms with E-state index in [-0.39, 0.29) is 36.5 Å². The van der Waals surface area contributed by atoms with E-state index in [0.29, 0.717) is 42.2 Å². The number of carbonyl (C=O) groups excluding carboxylic acids is 2. The van der Waals surface area contributed by atoms with Crippen LogP contribution in [0.2, 0.25) is 0 Å². The van der Waals surface area contributed by atoms with E-state index < -0.39 is 23.7 Å². The second-order valence-electron chi connectivity index (χ2n) is 11.1. The summed E-state index contributed by atoms with van der Waals surface area (Å²) in [5.74, 6) is -0.0549. The Morgan fingerprint density at radius 2 is 1.68 bits per heavy atom. The minimum atomic E-state index is -4.47. The van der Waals surface area contributed by atoms with E-state index in [1.165, 1.54) is 12.1 Å². The molecule has 1 fully saturated rings. The summed E-state index contributed by atoms with van der Waals surface area (Å²) in [5, 5.41) is 20.6. The van der Waals surface area contributed by atoms with Crippen LogP contribution in [0.5, 0.6) is 0 Å². The predicted octanol–water partition coefficient (Wildman–Crippen LogP) is 5.07. The van der Waals surface area contributed by atoms with Crippen molar-refractivity contribution in [3.05, 3.63) is 70.8 Å². The van der Waals surface area contributed by atoms with Crippen molar-refractivity contribution in [1.29, 1.82) is 0 Å². The number of amides is 2. The molecule has 2 aromatic rings. The molecule has 1 aliphatic heterocycles. The van der Waals surface area contributed by atoms with Crippen LogP contribution >= 0.6 is 0 Å². The third-order valence-corrected chi connectivity index (χ3v) is 7.77. The average molecular weight is 560 g/mol. The number of rotatable bonds is 8. The van der Waals surface area contributed by atoms with Crippen molar-refractivity contribution in [2.24, 2.45) is 16.8 Å². The van der Waals surface area contributed by atoms with Crippen molar-refractivity contribution in [1.82, 2.24) is 10.2 Å². The normalized spacial score (nSPS) is 24.0. The highest BCUT2D eigenvalue weighted by Crippen LogP contribution is 2.48. The standard InChI is InChI=1S/C30H36F3N3O4/c1-4-24(20-5-7-22(8-6-20)27(39)34-14-13-25(37)38)36-28(40)26(21-9-11-23(12-10-21)30(31,32)33)35-29(36)16-18(2)15-19(3)17-29/h5-12,18-19,24-25,37-38H,4,13-17H2,1-3H3,(H,34,39)/t18?,19?,24-,29?/m1/s1. The molecule has 0 radical (unpaired) electrons. The van der Waals surface area contributed by atoms with Crippen LogP contribution < -0.4 is 5.32 Å². The second kappa shape index (κ2) is 11.7. The SMILES string of the molecule is CC[C@H](c1ccc(C(=O)NCCC(O)O)cc1)N1C(=O)C(c2ccc(C(F)(F)F)cc2)=NC12CC(C)CC(C)C2. The lowest BCUT2D eigenvalue weighted by atomic mass is 9.75. The smallest absolute Gasteiger partial charge is 0.368 e. The molecule has 1 saturated carbocycles. The molecule has 40 heavy (non-hydrogen) atoms. The lowest BCUT2D eigenvalue weighted by Crippen LogP contribution is -2.52. The topological polar surface area (TPSA) is 102 Å². The summed E-state index contributed by atoms with van der Waals surface area (Å²) in [4.78, 5) is 33.3. The first kappa shape index (κ1) is 29.7. The number of aliphatic imine (C=N–C) groups is 1. The molecule has 1 aliphatic carbocycles. The fraction of sp³-hybridized carbons (Fsp3) is 0.500. The van der Waals surface area contributed by atoms with Gasteiger partial charge in [0, 0.05) is 24.1 Å². The van der Waals surface area contributed by atoms with Crippen LogP contribution in [0, 0.1) is 11.8 Å². The maximum Gasteiger partial charge on any atom is 0.416 e. The van der Waals surface area contributed by atoms with Gasteiger partial charge in [0.25, 0.3) is 11.8 Å². The van der Waals surface area contributed by atoms with Gasteiger partial charge in [0.1, 0.15) is 11.4 Å². The number of aliphatic hydroxyl groups excluding tert-OH is 1. The fourth-order valence-corrected chi connectivity index (χ4v) is 6.23. The van der Waals surface area contributed by atoms with E-state index in [1.54, 1.807) is 24.3 Å². The zero-order valence-electron chi connectivity index (χ0n) is 22.9. The minimum absolute atomic E-state index is 0.0129. The van der Waals surface area contributed by atoms with Gasteiger partial charge >= 0.3 is 6.18 Å². The summed E-state index contributed by atoms with van der Waals surface area (Å²) in [6.45, 7) is 6.35. The molecule has 7 nitrogen and oxygen atoms in total. The average Bonchev–Trinajstić information content (AvgIpc) is 3.14. The summed E-state index contributed by atoms with van der Waals surface area (Å²) in [6.07, 6.45) is -3.08. The van der Waals surface area contributed by atoms with Gasteiger partial charge in [-0.1, -0.05) is 45.0 Å². The molecule has 4 rings (SSSR count). The number of nitrogens with zero attached hydrogens (tertiary/aromatic N) is 2. The molecule has 3 N–H and O–H groups in total. The number of alkyl halides is 3. The number of nitrogens with one attached hydrogen (secondary N) is 1. The van der Waals surface area contributed by atoms with Gasteiger partial charge in [-0.2, -0.15) is 13.2 Å². The van der Waals surface area contributed by atoms with Crippen molar-refractivity contribution in [2.45, 2.75) is 77.0 Å². The van der Waals surface area contributed by atoms with E-state index >= 15 is 0 Å². The van der Waals surface area contributed by atoms with Gasteiger partial charge in [-0.05, 0) is 67.3 Å². The summed E-state index contributed by atoms with van der Waals surface area (Å²) in [5.41, 5.74) is 0.170. The Morgan fingerprint density at radius 1 is 1.07 bits per heavy atom. The molecule has 2 amide bonds. The lowest BCUT2D eigenvalue weighted by Gasteiger charge is -2.47. The molecular formula is C30H36F3N3O4. The highest BCUT2D eigenvalue weighted by atomic mass is 19.4. The zero-order valence-corrected chi connectivity index (χ0v) is 22.9. The van der Waals surface area contributed by atoms with E-state index in [4.69, 9.17) is 15.2 Å². The van der Waals surface area contributed by atoms with Crippen molar-refractivity contribution >= 4 is 17.5 Å². The first-order valence-electron chi connectivity index (χ1n) is 13.7. The highest BCUT2D eigenvalue weighted by Gasteiger charge is 2.53. The molecule has 10 heteroatoms. The van der Waals surface area contributed by atoms with Gasteiger partial charge in [-0.15, -0.1) is 0 Å². The predicted molar refractivity (Wildman–Crippen MR) is 144 cm³/mol. The first-order chi connectivity index (χ1) is 18.8. The minimum Gasteiger partial charge on any atom is -0.368 e. The number of aliphatic hydroxyl groups is 2. The number of carbonyl (C=O) groups is 2. The van der Waals surface area contributed by atoms with E-state index in [9.17, 15) is 22.8 Å². The summed E-state index contributed by atoms with van der Waals surface area (Å²) in [7, 11) is 0. The van der Waals surface area contributed by atoms with Gasteiger partial charge in [0.15, 0.2) is 6.29 Å². The van der Waals surface area contributed by atoms with Gasteiger partial charge in [0.05, 0.1) is 11.6 Å². The highest BCUT2D eigenvalue weighted by molar-refractivity contribution is 6.46. The number of hydrogen-bond donors (Lipinski definition) is 3. The van der Waals surface area contributed by atoms with Crippen molar-refractivity contribution in [3.63, 3.8) is 0 Å². The Hall–Kier alpha value is -3.24. The fourth-order valence-electron chi connectivity index (χ4n) is 6.23. The Kier molecular flexibility index (Phi) is 8.70. The van der Waals surface area contributed by atoms with E-state index in [1.807, 2.05) is 11.8 Å². The van der Waals surface area contributed by atoms with Crippen LogP contribution in [0.1, 0.15) is 86.0 Å². The summed E-state index contributed by atoms with van der Waals surface area (Å²) < 4.78 is 39.5. The van der Waals surface area contributed by atoms with Crippen molar-refractivity contribution in [2.75, 3.05) is 6.54 Å². The molecular weight excluding hydrogens is 523 g/mol. The maximum absolute atomic E-state index is 14.1. The zero-order chi connectivity index (χ0) is 29.2. The summed E-state index contributed by atoms with van der Waals surface area (Å²) in [6, 6.07) is 11.2. The molecule has 216 valence electrons. The Labute approximate surface area is 232 Å².